The molecule has 58 heavy (non-hydrogen) atoms. The van der Waals surface area contributed by atoms with Gasteiger partial charge in [0.2, 0.25) is 11.8 Å². The van der Waals surface area contributed by atoms with E-state index in [0.29, 0.717) is 53.4 Å². The van der Waals surface area contributed by atoms with Gasteiger partial charge in [-0.25, -0.2) is 18.3 Å². The number of piperazine rings is 1. The standard InChI is InChI=1S/C40H39F4N9O5/c41-29-16-22(17-30(42)34(29)28-6-8-33(54)48-38(28)55)9-10-50-11-13-51(14-12-50)25-1-3-26(4-2-25)52-21-24-18-31(36-37(35(24)49-52)58-40(43,44)57-36)47-39(56)32-7-5-27-15-23(19-45)20-46-53(27)32/h5,7,15-18,20,25-26,28,49H,1-4,6,8-14,21H2,(H,47,56)(H,48,54,55)/t25?,26?,28-/m1/s1. The number of nitriles is 1. The molecular formula is C40H39F4N9O5. The zero-order valence-electron chi connectivity index (χ0n) is 31.2. The van der Waals surface area contributed by atoms with Crippen LogP contribution in [0.4, 0.5) is 28.9 Å². The van der Waals surface area contributed by atoms with Crippen molar-refractivity contribution in [1.82, 2.24) is 29.7 Å². The van der Waals surface area contributed by atoms with E-state index >= 15 is 8.78 Å². The molecule has 2 saturated heterocycles. The zero-order chi connectivity index (χ0) is 40.3. The van der Waals surface area contributed by atoms with Crippen LogP contribution in [0.25, 0.3) is 5.52 Å². The molecule has 4 aliphatic heterocycles. The Kier molecular flexibility index (Phi) is 9.69. The maximum Gasteiger partial charge on any atom is 0.586 e. The Bertz CT molecular complexity index is 2350. The molecule has 1 saturated carbocycles. The van der Waals surface area contributed by atoms with Crippen LogP contribution in [0.5, 0.6) is 11.5 Å². The Balaban J connectivity index is 0.781. The number of halogens is 4. The van der Waals surface area contributed by atoms with Gasteiger partial charge in [-0.3, -0.25) is 24.6 Å². The molecule has 3 amide bonds. The van der Waals surface area contributed by atoms with E-state index in [4.69, 9.17) is 9.47 Å². The first kappa shape index (κ1) is 37.8. The van der Waals surface area contributed by atoms with Gasteiger partial charge in [0.1, 0.15) is 29.1 Å². The number of amides is 3. The number of carbonyl (C=O) groups excluding carboxylic acids is 3. The number of anilines is 2. The number of imide groups is 1. The predicted octanol–water partition coefficient (Wildman–Crippen LogP) is 4.89. The van der Waals surface area contributed by atoms with Crippen molar-refractivity contribution < 1.29 is 41.4 Å². The van der Waals surface area contributed by atoms with Crippen LogP contribution < -0.4 is 25.5 Å². The zero-order valence-corrected chi connectivity index (χ0v) is 31.2. The molecule has 3 fully saturated rings. The van der Waals surface area contributed by atoms with Crippen LogP contribution in [0.2, 0.25) is 0 Å². The highest BCUT2D eigenvalue weighted by Crippen LogP contribution is 2.54. The van der Waals surface area contributed by atoms with E-state index in [0.717, 1.165) is 51.9 Å². The van der Waals surface area contributed by atoms with Crippen molar-refractivity contribution >= 4 is 34.6 Å². The number of carbonyl (C=O) groups is 3. The van der Waals surface area contributed by atoms with Gasteiger partial charge < -0.3 is 25.1 Å². The molecule has 0 bridgehead atoms. The maximum atomic E-state index is 15.0. The number of rotatable bonds is 8. The highest BCUT2D eigenvalue weighted by atomic mass is 19.3. The second-order valence-corrected chi connectivity index (χ2v) is 15.5. The van der Waals surface area contributed by atoms with Crippen molar-refractivity contribution in [1.29, 1.82) is 5.26 Å². The molecule has 18 heteroatoms. The van der Waals surface area contributed by atoms with Crippen LogP contribution in [-0.4, -0.2) is 93.2 Å². The Morgan fingerprint density at radius 1 is 0.966 bits per heavy atom. The maximum absolute atomic E-state index is 15.0. The van der Waals surface area contributed by atoms with Crippen molar-refractivity contribution in [2.24, 2.45) is 0 Å². The summed E-state index contributed by atoms with van der Waals surface area (Å²) in [5.74, 6) is -4.73. The molecule has 2 aromatic carbocycles. The van der Waals surface area contributed by atoms with E-state index in [-0.39, 0.29) is 47.3 Å². The number of hydrogen-bond acceptors (Lipinski definition) is 11. The van der Waals surface area contributed by atoms with Gasteiger partial charge in [0.25, 0.3) is 5.91 Å². The SMILES string of the molecule is N#Cc1cnn2c(C(=O)Nc3cc4c(c5c3OC(F)(F)O5)NN(C3CCC(N5CCN(CCc6cc(F)c([C@H]7CCC(=O)NC7=O)c(F)c6)CC5)CC3)C4)ccc2c1. The molecule has 5 aliphatic rings. The van der Waals surface area contributed by atoms with E-state index in [1.54, 1.807) is 18.2 Å². The largest absolute Gasteiger partial charge is 0.586 e. The molecule has 2 aromatic heterocycles. The van der Waals surface area contributed by atoms with Crippen LogP contribution in [0, 0.1) is 23.0 Å². The summed E-state index contributed by atoms with van der Waals surface area (Å²) in [5, 5.41) is 20.2. The fraction of sp³-hybridized carbons (Fsp3) is 0.425. The average molecular weight is 802 g/mol. The number of fused-ring (bicyclic) bond motifs is 4. The van der Waals surface area contributed by atoms with E-state index in [1.165, 1.54) is 28.9 Å². The molecule has 1 aliphatic carbocycles. The van der Waals surface area contributed by atoms with E-state index in [2.05, 4.69) is 31.0 Å². The minimum absolute atomic E-state index is 0.0352. The molecule has 0 unspecified atom stereocenters. The quantitative estimate of drug-likeness (QED) is 0.165. The first-order valence-electron chi connectivity index (χ1n) is 19.4. The average Bonchev–Trinajstić information content (AvgIpc) is 3.92. The summed E-state index contributed by atoms with van der Waals surface area (Å²) in [4.78, 5) is 41.9. The smallest absolute Gasteiger partial charge is 0.393 e. The Labute approximate surface area is 329 Å². The molecular weight excluding hydrogens is 762 g/mol. The summed E-state index contributed by atoms with van der Waals surface area (Å²) in [6.07, 6.45) is 1.62. The number of nitrogens with one attached hydrogen (secondary N) is 3. The minimum Gasteiger partial charge on any atom is -0.393 e. The number of hydrazine groups is 1. The number of benzene rings is 2. The molecule has 14 nitrogen and oxygen atoms in total. The first-order valence-corrected chi connectivity index (χ1v) is 19.4. The Morgan fingerprint density at radius 2 is 1.69 bits per heavy atom. The van der Waals surface area contributed by atoms with Gasteiger partial charge in [-0.05, 0) is 86.1 Å². The third kappa shape index (κ3) is 7.18. The molecule has 0 spiro atoms. The lowest BCUT2D eigenvalue weighted by atomic mass is 9.89. The van der Waals surface area contributed by atoms with Crippen LogP contribution in [-0.2, 0) is 22.6 Å². The number of ether oxygens (including phenoxy) is 2. The number of aromatic nitrogens is 2. The van der Waals surface area contributed by atoms with Crippen molar-refractivity contribution in [3.63, 3.8) is 0 Å². The van der Waals surface area contributed by atoms with Crippen LogP contribution in [0.15, 0.2) is 42.6 Å². The van der Waals surface area contributed by atoms with Gasteiger partial charge in [-0.15, -0.1) is 8.78 Å². The molecule has 6 heterocycles. The second-order valence-electron chi connectivity index (χ2n) is 15.5. The molecule has 1 atom stereocenters. The van der Waals surface area contributed by atoms with Crippen molar-refractivity contribution in [2.75, 3.05) is 43.5 Å². The molecule has 0 radical (unpaired) electrons. The fourth-order valence-corrected chi connectivity index (χ4v) is 8.95. The first-order chi connectivity index (χ1) is 27.9. The third-order valence-corrected chi connectivity index (χ3v) is 11.9. The number of hydrogen-bond donors (Lipinski definition) is 3. The van der Waals surface area contributed by atoms with E-state index in [9.17, 15) is 28.4 Å². The highest BCUT2D eigenvalue weighted by Gasteiger charge is 2.48. The summed E-state index contributed by atoms with van der Waals surface area (Å²) < 4.78 is 70.3. The lowest BCUT2D eigenvalue weighted by molar-refractivity contribution is -0.286. The fourth-order valence-electron chi connectivity index (χ4n) is 8.95. The Morgan fingerprint density at radius 3 is 2.41 bits per heavy atom. The van der Waals surface area contributed by atoms with Gasteiger partial charge in [0.05, 0.1) is 28.9 Å². The number of piperidine rings is 1. The normalized spacial score (nSPS) is 23.3. The molecule has 3 N–H and O–H groups in total. The molecule has 9 rings (SSSR count). The Hall–Kier alpha value is -5.77. The number of nitrogens with zero attached hydrogens (tertiary/aromatic N) is 6. The van der Waals surface area contributed by atoms with Gasteiger partial charge in [-0.1, -0.05) is 0 Å². The summed E-state index contributed by atoms with van der Waals surface area (Å²) >= 11 is 0. The third-order valence-electron chi connectivity index (χ3n) is 11.9. The predicted molar refractivity (Wildman–Crippen MR) is 199 cm³/mol. The van der Waals surface area contributed by atoms with Gasteiger partial charge in [0, 0.05) is 63.3 Å². The second kappa shape index (κ2) is 14.9. The lowest BCUT2D eigenvalue weighted by Crippen LogP contribution is -2.52. The monoisotopic (exact) mass is 801 g/mol. The number of alkyl halides is 2. The minimum atomic E-state index is -3.92. The highest BCUT2D eigenvalue weighted by molar-refractivity contribution is 6.05. The van der Waals surface area contributed by atoms with Crippen LogP contribution in [0.3, 0.4) is 0 Å². The van der Waals surface area contributed by atoms with Gasteiger partial charge in [0.15, 0.2) is 11.5 Å². The summed E-state index contributed by atoms with van der Waals surface area (Å²) in [7, 11) is 0. The summed E-state index contributed by atoms with van der Waals surface area (Å²) in [5.41, 5.74) is 5.59. The van der Waals surface area contributed by atoms with Crippen molar-refractivity contribution in [3.05, 3.63) is 82.2 Å². The lowest BCUT2D eigenvalue weighted by Gasteiger charge is -2.43. The molecule has 302 valence electrons. The summed E-state index contributed by atoms with van der Waals surface area (Å²) in [6.45, 7) is 4.40. The summed E-state index contributed by atoms with van der Waals surface area (Å²) in [6, 6.07) is 11.5. The molecule has 4 aromatic rings. The van der Waals surface area contributed by atoms with Crippen LogP contribution >= 0.6 is 0 Å². The van der Waals surface area contributed by atoms with Crippen molar-refractivity contribution in [3.8, 4) is 17.6 Å². The van der Waals surface area contributed by atoms with Crippen molar-refractivity contribution in [2.45, 2.75) is 75.8 Å². The topological polar surface area (TPSA) is 157 Å². The van der Waals surface area contributed by atoms with E-state index < -0.39 is 41.6 Å². The van der Waals surface area contributed by atoms with E-state index in [1.807, 2.05) is 11.1 Å². The van der Waals surface area contributed by atoms with Gasteiger partial charge >= 0.3 is 6.29 Å². The van der Waals surface area contributed by atoms with Gasteiger partial charge in [-0.2, -0.15) is 10.4 Å². The van der Waals surface area contributed by atoms with Crippen LogP contribution in [0.1, 0.15) is 77.2 Å².